The highest BCUT2D eigenvalue weighted by atomic mass is 16.2. The van der Waals surface area contributed by atoms with E-state index in [-0.39, 0.29) is 23.8 Å². The fourth-order valence-electron chi connectivity index (χ4n) is 6.11. The van der Waals surface area contributed by atoms with Crippen LogP contribution in [0, 0.1) is 12.8 Å². The summed E-state index contributed by atoms with van der Waals surface area (Å²) in [6.45, 7) is 1.76. The van der Waals surface area contributed by atoms with Crippen LogP contribution in [0.2, 0.25) is 0 Å². The molecular weight excluding hydrogens is 466 g/mol. The predicted molar refractivity (Wildman–Crippen MR) is 140 cm³/mol. The molecule has 4 aromatic rings. The van der Waals surface area contributed by atoms with Crippen molar-refractivity contribution in [2.45, 2.75) is 51.1 Å². The third-order valence-corrected chi connectivity index (χ3v) is 7.84. The van der Waals surface area contributed by atoms with Crippen molar-refractivity contribution in [1.82, 2.24) is 25.1 Å². The van der Waals surface area contributed by atoms with E-state index in [1.165, 1.54) is 0 Å². The lowest BCUT2D eigenvalue weighted by molar-refractivity contribution is -0.126. The van der Waals surface area contributed by atoms with Gasteiger partial charge in [0.2, 0.25) is 0 Å². The van der Waals surface area contributed by atoms with Crippen molar-refractivity contribution in [3.8, 4) is 0 Å². The molecular formula is C29H29N5O3. The Bertz CT molecular complexity index is 1530. The molecule has 2 N–H and O–H groups in total. The van der Waals surface area contributed by atoms with Crippen molar-refractivity contribution in [1.29, 1.82) is 0 Å². The number of aryl methyl sites for hydroxylation is 1. The number of rotatable bonds is 3. The predicted octanol–water partition coefficient (Wildman–Crippen LogP) is 4.03. The number of hydrogen-bond acceptors (Lipinski definition) is 4. The Morgan fingerprint density at radius 1 is 0.919 bits per heavy atom. The van der Waals surface area contributed by atoms with Gasteiger partial charge in [0.05, 0.1) is 5.69 Å². The first kappa shape index (κ1) is 23.2. The van der Waals surface area contributed by atoms with Crippen molar-refractivity contribution >= 4 is 34.1 Å². The van der Waals surface area contributed by atoms with Crippen LogP contribution in [0.15, 0.2) is 66.9 Å². The number of pyridine rings is 1. The summed E-state index contributed by atoms with van der Waals surface area (Å²) in [7, 11) is 0. The molecule has 0 bridgehead atoms. The van der Waals surface area contributed by atoms with Gasteiger partial charge in [0, 0.05) is 17.8 Å². The Morgan fingerprint density at radius 2 is 1.70 bits per heavy atom. The second-order valence-corrected chi connectivity index (χ2v) is 10.1. The number of fused-ring (bicyclic) bond motifs is 3. The fraction of sp³-hybridized carbons (Fsp3) is 0.310. The number of imidazole rings is 1. The van der Waals surface area contributed by atoms with Crippen molar-refractivity contribution in [2.24, 2.45) is 5.92 Å². The van der Waals surface area contributed by atoms with Gasteiger partial charge in [-0.15, -0.1) is 0 Å². The molecule has 0 spiro atoms. The molecule has 0 radical (unpaired) electrons. The van der Waals surface area contributed by atoms with Crippen molar-refractivity contribution in [3.63, 3.8) is 0 Å². The molecule has 8 heteroatoms. The second kappa shape index (κ2) is 9.35. The van der Waals surface area contributed by atoms with Crippen LogP contribution < -0.4 is 10.9 Å². The number of benzene rings is 2. The Hall–Kier alpha value is -4.20. The van der Waals surface area contributed by atoms with E-state index < -0.39 is 11.9 Å². The Labute approximate surface area is 214 Å². The molecule has 3 amide bonds. The van der Waals surface area contributed by atoms with Crippen LogP contribution in [0.4, 0.5) is 0 Å². The summed E-state index contributed by atoms with van der Waals surface area (Å²) in [6, 6.07) is 18.5. The maximum Gasteiger partial charge on any atom is 0.288 e. The zero-order chi connectivity index (χ0) is 25.5. The Kier molecular flexibility index (Phi) is 5.87. The number of likely N-dealkylation sites (tertiary alicyclic amines) is 1. The third-order valence-electron chi connectivity index (χ3n) is 7.84. The molecule has 1 saturated heterocycles. The number of nitrogens with one attached hydrogen (secondary N) is 2. The van der Waals surface area contributed by atoms with Gasteiger partial charge < -0.3 is 4.90 Å². The van der Waals surface area contributed by atoms with Crippen LogP contribution in [0.1, 0.15) is 58.6 Å². The zero-order valence-electron chi connectivity index (χ0n) is 20.7. The maximum absolute atomic E-state index is 13.8. The number of carbonyl (C=O) groups excluding carboxylic acids is 3. The van der Waals surface area contributed by atoms with E-state index in [9.17, 15) is 14.4 Å². The molecule has 2 aromatic heterocycles. The number of aromatic nitrogens is 2. The lowest BCUT2D eigenvalue weighted by Crippen LogP contribution is -2.53. The van der Waals surface area contributed by atoms with E-state index in [2.05, 4.69) is 15.8 Å². The number of hydrogen-bond donors (Lipinski definition) is 2. The SMILES string of the molecule is Cc1nc2ccccn2c1C(=O)NNC(=O)[C@@H]1C[C@@H]2CCCC[C@@H]2N1C(=O)c1ccc2ccccc2c1. The van der Waals surface area contributed by atoms with Gasteiger partial charge in [0.1, 0.15) is 17.4 Å². The van der Waals surface area contributed by atoms with Gasteiger partial charge >= 0.3 is 0 Å². The van der Waals surface area contributed by atoms with Gasteiger partial charge in [-0.2, -0.15) is 0 Å². The van der Waals surface area contributed by atoms with E-state index >= 15 is 0 Å². The Balaban J connectivity index is 1.24. The summed E-state index contributed by atoms with van der Waals surface area (Å²) in [5.41, 5.74) is 7.33. The van der Waals surface area contributed by atoms with Crippen LogP contribution in [-0.2, 0) is 4.79 Å². The van der Waals surface area contributed by atoms with Crippen molar-refractivity contribution in [3.05, 3.63) is 83.8 Å². The van der Waals surface area contributed by atoms with Gasteiger partial charge in [0.15, 0.2) is 0 Å². The summed E-state index contributed by atoms with van der Waals surface area (Å²) < 4.78 is 1.69. The lowest BCUT2D eigenvalue weighted by Gasteiger charge is -2.33. The topological polar surface area (TPSA) is 95.8 Å². The van der Waals surface area contributed by atoms with E-state index in [1.54, 1.807) is 22.4 Å². The first-order chi connectivity index (χ1) is 18.0. The van der Waals surface area contributed by atoms with E-state index in [1.807, 2.05) is 60.7 Å². The Morgan fingerprint density at radius 3 is 2.57 bits per heavy atom. The minimum absolute atomic E-state index is 0.0280. The summed E-state index contributed by atoms with van der Waals surface area (Å²) in [5, 5.41) is 2.06. The summed E-state index contributed by atoms with van der Waals surface area (Å²) >= 11 is 0. The highest BCUT2D eigenvalue weighted by Crippen LogP contribution is 2.40. The molecule has 3 atom stereocenters. The third kappa shape index (κ3) is 4.12. The molecule has 188 valence electrons. The standard InChI is InChI=1S/C29H29N5O3/c1-18-26(33-15-7-6-12-25(33)30-18)28(36)32-31-27(35)24-17-21-10-4-5-11-23(21)34(24)29(37)22-14-13-19-8-2-3-9-20(19)16-22/h2-3,6-9,12-16,21,23-24H,4-5,10-11,17H2,1H3,(H,31,35)(H,32,36)/t21-,23-,24-/m0/s1. The van der Waals surface area contributed by atoms with E-state index in [0.29, 0.717) is 29.0 Å². The monoisotopic (exact) mass is 495 g/mol. The molecule has 2 fully saturated rings. The van der Waals surface area contributed by atoms with Crippen LogP contribution in [0.5, 0.6) is 0 Å². The number of amides is 3. The van der Waals surface area contributed by atoms with Gasteiger partial charge in [-0.25, -0.2) is 4.98 Å². The largest absolute Gasteiger partial charge is 0.323 e. The maximum atomic E-state index is 13.8. The molecule has 1 aliphatic heterocycles. The van der Waals surface area contributed by atoms with E-state index in [0.717, 1.165) is 36.5 Å². The van der Waals surface area contributed by atoms with Crippen LogP contribution in [0.3, 0.4) is 0 Å². The van der Waals surface area contributed by atoms with Crippen molar-refractivity contribution < 1.29 is 14.4 Å². The zero-order valence-corrected chi connectivity index (χ0v) is 20.7. The molecule has 8 nitrogen and oxygen atoms in total. The molecule has 1 saturated carbocycles. The smallest absolute Gasteiger partial charge is 0.288 e. The fourth-order valence-corrected chi connectivity index (χ4v) is 6.11. The second-order valence-electron chi connectivity index (χ2n) is 10.1. The first-order valence-electron chi connectivity index (χ1n) is 12.9. The summed E-state index contributed by atoms with van der Waals surface area (Å²) in [6.07, 6.45) is 6.40. The quantitative estimate of drug-likeness (QED) is 0.420. The summed E-state index contributed by atoms with van der Waals surface area (Å²) in [5.74, 6) is -0.675. The minimum atomic E-state index is -0.643. The molecule has 6 rings (SSSR count). The highest BCUT2D eigenvalue weighted by Gasteiger charge is 2.47. The van der Waals surface area contributed by atoms with Gasteiger partial charge in [-0.1, -0.05) is 49.2 Å². The molecule has 2 aliphatic rings. The van der Waals surface area contributed by atoms with Gasteiger partial charge in [0.25, 0.3) is 17.7 Å². The van der Waals surface area contributed by atoms with Crippen LogP contribution >= 0.6 is 0 Å². The van der Waals surface area contributed by atoms with Crippen LogP contribution in [-0.4, -0.2) is 44.1 Å². The first-order valence-corrected chi connectivity index (χ1v) is 12.9. The molecule has 3 heterocycles. The highest BCUT2D eigenvalue weighted by molar-refractivity contribution is 6.02. The molecule has 2 aromatic carbocycles. The molecule has 1 aliphatic carbocycles. The molecule has 0 unspecified atom stereocenters. The average Bonchev–Trinajstić information content (AvgIpc) is 3.48. The number of nitrogens with zero attached hydrogens (tertiary/aromatic N) is 3. The minimum Gasteiger partial charge on any atom is -0.323 e. The number of hydrazine groups is 1. The van der Waals surface area contributed by atoms with Crippen molar-refractivity contribution in [2.75, 3.05) is 0 Å². The van der Waals surface area contributed by atoms with Gasteiger partial charge in [-0.3, -0.25) is 29.6 Å². The van der Waals surface area contributed by atoms with Crippen LogP contribution in [0.25, 0.3) is 16.4 Å². The average molecular weight is 496 g/mol. The lowest BCUT2D eigenvalue weighted by atomic mass is 9.84. The number of carbonyl (C=O) groups is 3. The van der Waals surface area contributed by atoms with E-state index in [4.69, 9.17) is 0 Å². The van der Waals surface area contributed by atoms with Gasteiger partial charge in [-0.05, 0) is 67.1 Å². The molecule has 37 heavy (non-hydrogen) atoms. The summed E-state index contributed by atoms with van der Waals surface area (Å²) in [4.78, 5) is 46.4. The normalized spacial score (nSPS) is 21.1.